The Hall–Kier alpha value is -4.07. The van der Waals surface area contributed by atoms with Gasteiger partial charge in [0.1, 0.15) is 11.3 Å². The van der Waals surface area contributed by atoms with Gasteiger partial charge in [0.05, 0.1) is 18.4 Å². The first-order valence-corrected chi connectivity index (χ1v) is 11.2. The van der Waals surface area contributed by atoms with Crippen molar-refractivity contribution in [1.82, 2.24) is 35.2 Å². The molecular weight excluding hydrogens is 412 g/mol. The molecule has 5 rings (SSSR count). The van der Waals surface area contributed by atoms with E-state index in [0.717, 1.165) is 64.2 Å². The van der Waals surface area contributed by atoms with E-state index in [1.54, 1.807) is 6.20 Å². The molecule has 33 heavy (non-hydrogen) atoms. The van der Waals surface area contributed by atoms with E-state index in [9.17, 15) is 0 Å². The fraction of sp³-hybridized carbons (Fsp3) is 0.240. The summed E-state index contributed by atoms with van der Waals surface area (Å²) in [7, 11) is 0. The number of aryl methyl sites for hydroxylation is 2. The number of anilines is 1. The Labute approximate surface area is 191 Å². The van der Waals surface area contributed by atoms with Crippen LogP contribution in [0.25, 0.3) is 33.7 Å². The zero-order valence-corrected chi connectivity index (χ0v) is 18.8. The molecule has 0 aliphatic heterocycles. The summed E-state index contributed by atoms with van der Waals surface area (Å²) < 4.78 is 2.21. The Morgan fingerprint density at radius 2 is 1.79 bits per heavy atom. The minimum atomic E-state index is 0.653. The minimum Gasteiger partial charge on any atom is -0.397 e. The molecule has 3 N–H and O–H groups in total. The number of tetrazole rings is 1. The highest BCUT2D eigenvalue weighted by atomic mass is 15.5. The number of aromatic amines is 1. The zero-order chi connectivity index (χ0) is 22.8. The number of nitrogens with one attached hydrogen (secondary N) is 1. The van der Waals surface area contributed by atoms with E-state index < -0.39 is 0 Å². The number of fused-ring (bicyclic) bond motifs is 1. The van der Waals surface area contributed by atoms with Crippen molar-refractivity contribution >= 4 is 16.9 Å². The highest BCUT2D eigenvalue weighted by molar-refractivity contribution is 5.81. The van der Waals surface area contributed by atoms with Crippen LogP contribution in [0.4, 0.5) is 5.69 Å². The van der Waals surface area contributed by atoms with E-state index >= 15 is 0 Å². The summed E-state index contributed by atoms with van der Waals surface area (Å²) in [6.45, 7) is 4.98. The quantitative estimate of drug-likeness (QED) is 0.389. The Morgan fingerprint density at radius 1 is 1.00 bits per heavy atom. The predicted octanol–water partition coefficient (Wildman–Crippen LogP) is 4.42. The summed E-state index contributed by atoms with van der Waals surface area (Å²) in [4.78, 5) is 9.56. The number of hydrogen-bond acceptors (Lipinski definition) is 6. The van der Waals surface area contributed by atoms with E-state index in [2.05, 4.69) is 74.4 Å². The lowest BCUT2D eigenvalue weighted by Crippen LogP contribution is -2.05. The van der Waals surface area contributed by atoms with Crippen LogP contribution in [0.2, 0.25) is 0 Å². The third-order valence-corrected chi connectivity index (χ3v) is 5.93. The minimum absolute atomic E-state index is 0.653. The molecule has 0 atom stereocenters. The van der Waals surface area contributed by atoms with E-state index in [1.165, 1.54) is 5.56 Å². The summed E-state index contributed by atoms with van der Waals surface area (Å²) in [6, 6.07) is 16.7. The standard InChI is InChI=1S/C25H26N8/c1-3-7-20-21(26)14-27-25-23(20)28-22(4-2)33(25)15-16-10-12-17(13-11-16)18-8-5-6-9-19(18)24-29-31-32-30-24/h5-6,8-14H,3-4,7,15,26H2,1-2H3,(H,29,30,31,32). The summed E-state index contributed by atoms with van der Waals surface area (Å²) >= 11 is 0. The maximum atomic E-state index is 6.22. The predicted molar refractivity (Wildman–Crippen MR) is 129 cm³/mol. The molecule has 0 amide bonds. The molecule has 0 aliphatic carbocycles. The number of nitrogen functional groups attached to an aromatic ring is 1. The molecule has 0 fully saturated rings. The second-order valence-electron chi connectivity index (χ2n) is 8.07. The third-order valence-electron chi connectivity index (χ3n) is 5.93. The van der Waals surface area contributed by atoms with Crippen molar-refractivity contribution in [3.8, 4) is 22.5 Å². The maximum Gasteiger partial charge on any atom is 0.180 e. The summed E-state index contributed by atoms with van der Waals surface area (Å²) in [5.74, 6) is 1.67. The van der Waals surface area contributed by atoms with Crippen LogP contribution in [-0.2, 0) is 19.4 Å². The van der Waals surface area contributed by atoms with Crippen LogP contribution >= 0.6 is 0 Å². The number of pyridine rings is 1. The number of imidazole rings is 1. The van der Waals surface area contributed by atoms with Crippen LogP contribution in [-0.4, -0.2) is 35.2 Å². The second-order valence-corrected chi connectivity index (χ2v) is 8.07. The van der Waals surface area contributed by atoms with Gasteiger partial charge >= 0.3 is 0 Å². The van der Waals surface area contributed by atoms with Gasteiger partial charge in [0.25, 0.3) is 0 Å². The number of nitrogens with zero attached hydrogens (tertiary/aromatic N) is 6. The number of benzene rings is 2. The molecule has 3 heterocycles. The molecule has 0 unspecified atom stereocenters. The van der Waals surface area contributed by atoms with Gasteiger partial charge in [-0.1, -0.05) is 68.8 Å². The van der Waals surface area contributed by atoms with Gasteiger partial charge in [-0.25, -0.2) is 15.1 Å². The monoisotopic (exact) mass is 438 g/mol. The highest BCUT2D eigenvalue weighted by Gasteiger charge is 2.16. The first kappa shape index (κ1) is 20.8. The van der Waals surface area contributed by atoms with Gasteiger partial charge in [0.15, 0.2) is 11.5 Å². The average Bonchev–Trinajstić information content (AvgIpc) is 3.50. The summed E-state index contributed by atoms with van der Waals surface area (Å²) in [5, 5.41) is 14.3. The van der Waals surface area contributed by atoms with Gasteiger partial charge in [-0.3, -0.25) is 0 Å². The number of hydrogen-bond donors (Lipinski definition) is 2. The number of aromatic nitrogens is 7. The molecule has 5 aromatic rings. The van der Waals surface area contributed by atoms with Gasteiger partial charge in [-0.05, 0) is 33.5 Å². The van der Waals surface area contributed by atoms with Gasteiger partial charge < -0.3 is 10.3 Å². The number of H-pyrrole nitrogens is 1. The fourth-order valence-electron chi connectivity index (χ4n) is 4.30. The lowest BCUT2D eigenvalue weighted by Gasteiger charge is -2.11. The van der Waals surface area contributed by atoms with Crippen molar-refractivity contribution < 1.29 is 0 Å². The van der Waals surface area contributed by atoms with E-state index in [1.807, 2.05) is 18.2 Å². The molecule has 8 nitrogen and oxygen atoms in total. The van der Waals surface area contributed by atoms with Crippen LogP contribution in [0.1, 0.15) is 37.2 Å². The van der Waals surface area contributed by atoms with Gasteiger partial charge in [-0.15, -0.1) is 5.10 Å². The van der Waals surface area contributed by atoms with Crippen LogP contribution in [0.15, 0.2) is 54.7 Å². The largest absolute Gasteiger partial charge is 0.397 e. The molecule has 0 bridgehead atoms. The fourth-order valence-corrected chi connectivity index (χ4v) is 4.30. The number of nitrogens with two attached hydrogens (primary N) is 1. The lowest BCUT2D eigenvalue weighted by atomic mass is 9.98. The topological polar surface area (TPSA) is 111 Å². The SMILES string of the molecule is CCCc1c(N)cnc2c1nc(CC)n2Cc1ccc(-c2ccccc2-c2nnn[nH]2)cc1. The molecule has 0 aliphatic rings. The van der Waals surface area contributed by atoms with Crippen molar-refractivity contribution in [2.24, 2.45) is 0 Å². The Balaban J connectivity index is 1.49. The molecule has 8 heteroatoms. The van der Waals surface area contributed by atoms with E-state index in [0.29, 0.717) is 12.4 Å². The van der Waals surface area contributed by atoms with Crippen LogP contribution in [0.5, 0.6) is 0 Å². The first-order chi connectivity index (χ1) is 16.2. The van der Waals surface area contributed by atoms with Crippen LogP contribution < -0.4 is 5.73 Å². The number of rotatable bonds is 7. The Kier molecular flexibility index (Phi) is 5.56. The van der Waals surface area contributed by atoms with Crippen molar-refractivity contribution in [3.05, 3.63) is 71.7 Å². The first-order valence-electron chi connectivity index (χ1n) is 11.2. The average molecular weight is 439 g/mol. The van der Waals surface area contributed by atoms with Gasteiger partial charge in [-0.2, -0.15) is 0 Å². The highest BCUT2D eigenvalue weighted by Crippen LogP contribution is 2.30. The molecule has 2 aromatic carbocycles. The molecule has 166 valence electrons. The molecule has 0 saturated heterocycles. The van der Waals surface area contributed by atoms with Gasteiger partial charge in [0.2, 0.25) is 0 Å². The molecule has 0 spiro atoms. The van der Waals surface area contributed by atoms with Crippen molar-refractivity contribution in [2.75, 3.05) is 5.73 Å². The van der Waals surface area contributed by atoms with E-state index in [-0.39, 0.29) is 0 Å². The maximum absolute atomic E-state index is 6.22. The molecule has 0 radical (unpaired) electrons. The normalized spacial score (nSPS) is 11.3. The van der Waals surface area contributed by atoms with Crippen molar-refractivity contribution in [2.45, 2.75) is 39.7 Å². The van der Waals surface area contributed by atoms with E-state index in [4.69, 9.17) is 10.7 Å². The smallest absolute Gasteiger partial charge is 0.180 e. The Bertz CT molecular complexity index is 1380. The molecule has 0 saturated carbocycles. The third kappa shape index (κ3) is 3.84. The Morgan fingerprint density at radius 3 is 2.48 bits per heavy atom. The lowest BCUT2D eigenvalue weighted by molar-refractivity contribution is 0.746. The molecular formula is C25H26N8. The second kappa shape index (κ2) is 8.82. The van der Waals surface area contributed by atoms with Crippen molar-refractivity contribution in [3.63, 3.8) is 0 Å². The van der Waals surface area contributed by atoms with Crippen LogP contribution in [0.3, 0.4) is 0 Å². The zero-order valence-electron chi connectivity index (χ0n) is 18.8. The van der Waals surface area contributed by atoms with Crippen molar-refractivity contribution in [1.29, 1.82) is 0 Å². The van der Waals surface area contributed by atoms with Crippen LogP contribution in [0, 0.1) is 0 Å². The summed E-state index contributed by atoms with van der Waals surface area (Å²) in [5.41, 5.74) is 14.2. The molecule has 3 aromatic heterocycles. The van der Waals surface area contributed by atoms with Gasteiger partial charge in [0, 0.05) is 17.5 Å². The summed E-state index contributed by atoms with van der Waals surface area (Å²) in [6.07, 6.45) is 4.52.